The van der Waals surface area contributed by atoms with E-state index in [0.29, 0.717) is 62.6 Å². The molecular formula is C19H27N19. The van der Waals surface area contributed by atoms with Gasteiger partial charge in [0.1, 0.15) is 0 Å². The van der Waals surface area contributed by atoms with Crippen LogP contribution in [0.4, 0.5) is 0 Å². The molecule has 0 amide bonds. The SMILES string of the molecule is c1ccc(CN(CCN(CCN(Cc2nnn[nH]2)Cc2nnn[nH]2)Cc2nnn[nH]2)Cc2nnn[nH]2)cc1. The second-order valence-corrected chi connectivity index (χ2v) is 8.57. The Labute approximate surface area is 215 Å². The van der Waals surface area contributed by atoms with Gasteiger partial charge in [0.2, 0.25) is 0 Å². The van der Waals surface area contributed by atoms with Crippen molar-refractivity contribution in [2.24, 2.45) is 0 Å². The third-order valence-corrected chi connectivity index (χ3v) is 5.76. The number of H-pyrrole nitrogens is 4. The number of tetrazole rings is 4. The van der Waals surface area contributed by atoms with Crippen molar-refractivity contribution in [1.82, 2.24) is 97.2 Å². The first-order valence-corrected chi connectivity index (χ1v) is 11.9. The molecule has 0 bridgehead atoms. The molecule has 4 N–H and O–H groups in total. The van der Waals surface area contributed by atoms with Gasteiger partial charge in [-0.25, -0.2) is 20.4 Å². The third-order valence-electron chi connectivity index (χ3n) is 5.76. The van der Waals surface area contributed by atoms with Crippen LogP contribution in [0.15, 0.2) is 30.3 Å². The number of hydrogen-bond donors (Lipinski definition) is 4. The Kier molecular flexibility index (Phi) is 8.62. The number of benzene rings is 1. The molecule has 0 radical (unpaired) electrons. The van der Waals surface area contributed by atoms with E-state index in [1.807, 2.05) is 18.2 Å². The van der Waals surface area contributed by atoms with E-state index >= 15 is 0 Å². The van der Waals surface area contributed by atoms with Gasteiger partial charge in [0.05, 0.1) is 26.2 Å². The summed E-state index contributed by atoms with van der Waals surface area (Å²) in [7, 11) is 0. The normalized spacial score (nSPS) is 11.8. The standard InChI is InChI=1S/C19H27N19/c1-2-4-15(5-3-1)10-37(12-17-22-30-31-23-17)8-6-36(11-16-20-28-29-21-16)7-9-38(13-18-24-32-33-25-18)14-19-26-34-35-27-19/h1-5H,6-14H2,(H,20,21,28,29)(H,22,23,30,31)(H,24,25,32,33)(H,26,27,34,35). The molecule has 5 aromatic rings. The molecule has 0 saturated heterocycles. The van der Waals surface area contributed by atoms with E-state index in [4.69, 9.17) is 0 Å². The first kappa shape index (κ1) is 25.0. The molecule has 4 aromatic heterocycles. The molecule has 0 aliphatic heterocycles. The molecule has 4 heterocycles. The van der Waals surface area contributed by atoms with Crippen LogP contribution in [0.3, 0.4) is 0 Å². The van der Waals surface area contributed by atoms with Gasteiger partial charge in [0, 0.05) is 32.7 Å². The molecule has 19 heteroatoms. The molecule has 0 unspecified atom stereocenters. The highest BCUT2D eigenvalue weighted by Crippen LogP contribution is 2.09. The fourth-order valence-corrected chi connectivity index (χ4v) is 3.94. The summed E-state index contributed by atoms with van der Waals surface area (Å²) in [6.07, 6.45) is 0. The maximum atomic E-state index is 4.08. The molecule has 198 valence electrons. The maximum absolute atomic E-state index is 4.08. The third kappa shape index (κ3) is 7.69. The Hall–Kier alpha value is -4.62. The van der Waals surface area contributed by atoms with Crippen molar-refractivity contribution >= 4 is 0 Å². The fraction of sp³-hybridized carbons (Fsp3) is 0.474. The quantitative estimate of drug-likeness (QED) is 0.109. The van der Waals surface area contributed by atoms with Gasteiger partial charge in [-0.15, -0.1) is 20.4 Å². The second kappa shape index (κ2) is 13.1. The average molecular weight is 522 g/mol. The average Bonchev–Trinajstić information content (AvgIpc) is 3.75. The summed E-state index contributed by atoms with van der Waals surface area (Å²) in [6.45, 7) is 5.81. The smallest absolute Gasteiger partial charge is 0.162 e. The number of aromatic nitrogens is 16. The number of nitrogens with one attached hydrogen (secondary N) is 4. The van der Waals surface area contributed by atoms with E-state index in [1.165, 1.54) is 5.56 Å². The van der Waals surface area contributed by atoms with E-state index in [9.17, 15) is 0 Å². The minimum absolute atomic E-state index is 0.504. The zero-order chi connectivity index (χ0) is 25.8. The molecule has 19 nitrogen and oxygen atoms in total. The van der Waals surface area contributed by atoms with Crippen LogP contribution in [0.25, 0.3) is 0 Å². The molecule has 0 aliphatic carbocycles. The summed E-state index contributed by atoms with van der Waals surface area (Å²) in [5.74, 6) is 2.69. The van der Waals surface area contributed by atoms with Crippen LogP contribution in [-0.2, 0) is 32.7 Å². The molecule has 0 saturated carbocycles. The van der Waals surface area contributed by atoms with E-state index in [0.717, 1.165) is 19.6 Å². The van der Waals surface area contributed by atoms with E-state index in [2.05, 4.69) is 109 Å². The minimum atomic E-state index is 0.504. The van der Waals surface area contributed by atoms with Crippen molar-refractivity contribution in [3.8, 4) is 0 Å². The Morgan fingerprint density at radius 1 is 0.447 bits per heavy atom. The summed E-state index contributed by atoms with van der Waals surface area (Å²) in [6, 6.07) is 10.3. The van der Waals surface area contributed by atoms with Gasteiger partial charge >= 0.3 is 0 Å². The van der Waals surface area contributed by atoms with Crippen molar-refractivity contribution in [2.45, 2.75) is 32.7 Å². The van der Waals surface area contributed by atoms with E-state index in [-0.39, 0.29) is 0 Å². The predicted molar refractivity (Wildman–Crippen MR) is 127 cm³/mol. The first-order valence-electron chi connectivity index (χ1n) is 11.9. The Morgan fingerprint density at radius 2 is 0.816 bits per heavy atom. The van der Waals surface area contributed by atoms with Crippen molar-refractivity contribution in [1.29, 1.82) is 0 Å². The van der Waals surface area contributed by atoms with Gasteiger partial charge in [-0.1, -0.05) is 30.3 Å². The maximum Gasteiger partial charge on any atom is 0.162 e. The highest BCUT2D eigenvalue weighted by Gasteiger charge is 2.17. The summed E-state index contributed by atoms with van der Waals surface area (Å²) >= 11 is 0. The van der Waals surface area contributed by atoms with Crippen LogP contribution in [0.1, 0.15) is 28.9 Å². The lowest BCUT2D eigenvalue weighted by Crippen LogP contribution is -2.39. The summed E-state index contributed by atoms with van der Waals surface area (Å²) in [5, 5.41) is 57.1. The highest BCUT2D eigenvalue weighted by molar-refractivity contribution is 5.14. The van der Waals surface area contributed by atoms with E-state index in [1.54, 1.807) is 0 Å². The predicted octanol–water partition coefficient (Wildman–Crippen LogP) is -2.05. The van der Waals surface area contributed by atoms with Crippen molar-refractivity contribution in [2.75, 3.05) is 26.2 Å². The van der Waals surface area contributed by atoms with Gasteiger partial charge in [0.25, 0.3) is 0 Å². The first-order chi connectivity index (χ1) is 18.8. The molecule has 38 heavy (non-hydrogen) atoms. The summed E-state index contributed by atoms with van der Waals surface area (Å²) < 4.78 is 0. The number of aromatic amines is 4. The van der Waals surface area contributed by atoms with Gasteiger partial charge in [-0.2, -0.15) is 0 Å². The number of rotatable bonds is 16. The largest absolute Gasteiger partial charge is 0.293 e. The number of hydrogen-bond acceptors (Lipinski definition) is 15. The second-order valence-electron chi connectivity index (χ2n) is 8.57. The van der Waals surface area contributed by atoms with Gasteiger partial charge in [0.15, 0.2) is 23.3 Å². The van der Waals surface area contributed by atoms with Gasteiger partial charge in [-0.3, -0.25) is 14.7 Å². The molecule has 5 rings (SSSR count). The monoisotopic (exact) mass is 521 g/mol. The van der Waals surface area contributed by atoms with Crippen molar-refractivity contribution in [3.05, 3.63) is 59.2 Å². The fourth-order valence-electron chi connectivity index (χ4n) is 3.94. The molecule has 0 fully saturated rings. The highest BCUT2D eigenvalue weighted by atomic mass is 15.5. The lowest BCUT2D eigenvalue weighted by Gasteiger charge is -2.28. The lowest BCUT2D eigenvalue weighted by atomic mass is 10.2. The van der Waals surface area contributed by atoms with Crippen LogP contribution in [0.2, 0.25) is 0 Å². The number of nitrogens with zero attached hydrogens (tertiary/aromatic N) is 15. The molecule has 0 atom stereocenters. The van der Waals surface area contributed by atoms with Crippen LogP contribution < -0.4 is 0 Å². The zero-order valence-corrected chi connectivity index (χ0v) is 20.5. The molecule has 0 spiro atoms. The Morgan fingerprint density at radius 3 is 1.21 bits per heavy atom. The lowest BCUT2D eigenvalue weighted by molar-refractivity contribution is 0.152. The van der Waals surface area contributed by atoms with Gasteiger partial charge in [-0.05, 0) is 47.3 Å². The van der Waals surface area contributed by atoms with Crippen molar-refractivity contribution < 1.29 is 0 Å². The van der Waals surface area contributed by atoms with Crippen LogP contribution in [0.5, 0.6) is 0 Å². The van der Waals surface area contributed by atoms with E-state index < -0.39 is 0 Å². The van der Waals surface area contributed by atoms with Gasteiger partial charge < -0.3 is 0 Å². The summed E-state index contributed by atoms with van der Waals surface area (Å²) in [4.78, 5) is 6.72. The molecular weight excluding hydrogens is 494 g/mol. The Bertz CT molecular complexity index is 1220. The zero-order valence-electron chi connectivity index (χ0n) is 20.5. The topological polar surface area (TPSA) is 228 Å². The molecule has 1 aromatic carbocycles. The van der Waals surface area contributed by atoms with Crippen LogP contribution in [0, 0.1) is 0 Å². The summed E-state index contributed by atoms with van der Waals surface area (Å²) in [5.41, 5.74) is 1.21. The van der Waals surface area contributed by atoms with Crippen molar-refractivity contribution in [3.63, 3.8) is 0 Å². The minimum Gasteiger partial charge on any atom is -0.293 e. The van der Waals surface area contributed by atoms with Crippen LogP contribution >= 0.6 is 0 Å². The van der Waals surface area contributed by atoms with Crippen LogP contribution in [-0.4, -0.2) is 123 Å². The molecule has 0 aliphatic rings. The Balaban J connectivity index is 1.25.